The van der Waals surface area contributed by atoms with Crippen molar-refractivity contribution in [2.45, 2.75) is 6.42 Å². The predicted molar refractivity (Wildman–Crippen MR) is 78.0 cm³/mol. The lowest BCUT2D eigenvalue weighted by molar-refractivity contribution is 0.482. The molecule has 0 fully saturated rings. The minimum absolute atomic E-state index is 0.166. The van der Waals surface area contributed by atoms with Gasteiger partial charge in [-0.1, -0.05) is 38.0 Å². The molecule has 5 heteroatoms. The molecule has 17 heavy (non-hydrogen) atoms. The molecule has 3 nitrogen and oxygen atoms in total. The molecule has 0 rings (SSSR count). The van der Waals surface area contributed by atoms with Gasteiger partial charge in [0, 0.05) is 7.26 Å². The molecule has 0 saturated heterocycles. The number of hydrogen-bond donors (Lipinski definition) is 1. The Hall–Kier alpha value is -0.440. The van der Waals surface area contributed by atoms with Gasteiger partial charge in [0.2, 0.25) is 0 Å². The molecule has 0 bridgehead atoms. The van der Waals surface area contributed by atoms with Crippen LogP contribution in [0.2, 0.25) is 0 Å². The molecule has 0 aliphatic carbocycles. The Labute approximate surface area is 105 Å². The molecule has 98 valence electrons. The summed E-state index contributed by atoms with van der Waals surface area (Å²) >= 11 is 0. The van der Waals surface area contributed by atoms with Crippen molar-refractivity contribution in [3.05, 3.63) is 38.0 Å². The van der Waals surface area contributed by atoms with Gasteiger partial charge in [-0.15, -0.1) is 0 Å². The van der Waals surface area contributed by atoms with Gasteiger partial charge < -0.3 is 0 Å². The lowest BCUT2D eigenvalue weighted by Gasteiger charge is -2.23. The van der Waals surface area contributed by atoms with Crippen LogP contribution in [0.25, 0.3) is 0 Å². The van der Waals surface area contributed by atoms with Crippen LogP contribution in [0, 0.1) is 0 Å². The maximum absolute atomic E-state index is 10.7. The van der Waals surface area contributed by atoms with Gasteiger partial charge in [-0.05, 0) is 6.42 Å². The fourth-order valence-corrected chi connectivity index (χ4v) is 6.09. The Balaban J connectivity index is 4.59. The highest BCUT2D eigenvalue weighted by atomic mass is 32.2. The summed E-state index contributed by atoms with van der Waals surface area (Å²) in [4.78, 5) is 0. The van der Waals surface area contributed by atoms with E-state index in [1.54, 1.807) is 0 Å². The third-order valence-electron chi connectivity index (χ3n) is 2.58. The van der Waals surface area contributed by atoms with E-state index in [-0.39, 0.29) is 5.75 Å². The van der Waals surface area contributed by atoms with E-state index in [2.05, 4.69) is 19.7 Å². The van der Waals surface area contributed by atoms with E-state index in [0.29, 0.717) is 6.42 Å². The fourth-order valence-electron chi connectivity index (χ4n) is 1.90. The van der Waals surface area contributed by atoms with Crippen LogP contribution in [-0.4, -0.2) is 43.4 Å². The van der Waals surface area contributed by atoms with Crippen LogP contribution in [0.4, 0.5) is 0 Å². The smallest absolute Gasteiger partial charge is 0.264 e. The SMILES string of the molecule is C=CC[P+](CC=C)(CC=C)CCCS(=O)(=O)O. The van der Waals surface area contributed by atoms with Gasteiger partial charge in [-0.25, -0.2) is 0 Å². The van der Waals surface area contributed by atoms with Crippen LogP contribution in [0.1, 0.15) is 6.42 Å². The minimum Gasteiger partial charge on any atom is -0.286 e. The zero-order valence-corrected chi connectivity index (χ0v) is 11.9. The maximum Gasteiger partial charge on any atom is 0.264 e. The van der Waals surface area contributed by atoms with E-state index in [1.165, 1.54) is 0 Å². The fraction of sp³-hybridized carbons (Fsp3) is 0.500. The molecule has 0 aliphatic heterocycles. The van der Waals surface area contributed by atoms with E-state index in [1.807, 2.05) is 18.2 Å². The first-order valence-electron chi connectivity index (χ1n) is 5.52. The first kappa shape index (κ1) is 16.6. The summed E-state index contributed by atoms with van der Waals surface area (Å²) in [5.74, 6) is -0.166. The second-order valence-electron chi connectivity index (χ2n) is 4.12. The summed E-state index contributed by atoms with van der Waals surface area (Å²) in [7, 11) is -5.16. The van der Waals surface area contributed by atoms with Crippen LogP contribution in [0.5, 0.6) is 0 Å². The molecule has 0 amide bonds. The van der Waals surface area contributed by atoms with Crippen LogP contribution >= 0.6 is 7.26 Å². The van der Waals surface area contributed by atoms with Crippen LogP contribution in [0.15, 0.2) is 38.0 Å². The second-order valence-corrected chi connectivity index (χ2v) is 9.92. The van der Waals surface area contributed by atoms with Gasteiger partial charge in [-0.3, -0.25) is 4.55 Å². The molecule has 0 aromatic rings. The highest BCUT2D eigenvalue weighted by Crippen LogP contribution is 2.59. The molecule has 0 saturated carbocycles. The summed E-state index contributed by atoms with van der Waals surface area (Å²) in [6, 6.07) is 0. The summed E-state index contributed by atoms with van der Waals surface area (Å²) in [5, 5.41) is 0. The van der Waals surface area contributed by atoms with E-state index in [0.717, 1.165) is 24.6 Å². The van der Waals surface area contributed by atoms with Crippen molar-refractivity contribution in [2.24, 2.45) is 0 Å². The zero-order valence-electron chi connectivity index (χ0n) is 10.2. The molecule has 0 aliphatic rings. The molecule has 0 aromatic heterocycles. The van der Waals surface area contributed by atoms with Gasteiger partial charge in [0.25, 0.3) is 10.1 Å². The minimum atomic E-state index is -3.85. The molecular formula is C12H22O3PS+. The lowest BCUT2D eigenvalue weighted by Crippen LogP contribution is -2.13. The zero-order chi connectivity index (χ0) is 13.4. The Morgan fingerprint density at radius 1 is 1.00 bits per heavy atom. The summed E-state index contributed by atoms with van der Waals surface area (Å²) in [5.41, 5.74) is 0. The molecule has 0 heterocycles. The Bertz CT molecular complexity index is 333. The van der Waals surface area contributed by atoms with E-state index < -0.39 is 17.4 Å². The maximum atomic E-state index is 10.7. The molecule has 0 aromatic carbocycles. The molecule has 0 spiro atoms. The number of hydrogen-bond acceptors (Lipinski definition) is 2. The van der Waals surface area contributed by atoms with Gasteiger partial charge in [0.1, 0.15) is 0 Å². The highest BCUT2D eigenvalue weighted by molar-refractivity contribution is 7.85. The van der Waals surface area contributed by atoms with Crippen molar-refractivity contribution < 1.29 is 13.0 Å². The van der Waals surface area contributed by atoms with E-state index in [9.17, 15) is 8.42 Å². The average molecular weight is 277 g/mol. The molecule has 0 atom stereocenters. The van der Waals surface area contributed by atoms with Crippen molar-refractivity contribution in [1.29, 1.82) is 0 Å². The summed E-state index contributed by atoms with van der Waals surface area (Å²) in [6.07, 6.45) is 9.65. The van der Waals surface area contributed by atoms with Gasteiger partial charge >= 0.3 is 0 Å². The average Bonchev–Trinajstić information content (AvgIpc) is 2.16. The van der Waals surface area contributed by atoms with Crippen molar-refractivity contribution in [1.82, 2.24) is 0 Å². The van der Waals surface area contributed by atoms with Gasteiger partial charge in [0.15, 0.2) is 0 Å². The summed E-state index contributed by atoms with van der Waals surface area (Å²) in [6.45, 7) is 11.3. The molecular weight excluding hydrogens is 255 g/mol. The topological polar surface area (TPSA) is 54.4 Å². The van der Waals surface area contributed by atoms with Crippen LogP contribution in [-0.2, 0) is 10.1 Å². The van der Waals surface area contributed by atoms with Crippen molar-refractivity contribution in [3.8, 4) is 0 Å². The Morgan fingerprint density at radius 2 is 1.41 bits per heavy atom. The monoisotopic (exact) mass is 277 g/mol. The largest absolute Gasteiger partial charge is 0.286 e. The molecule has 0 radical (unpaired) electrons. The third kappa shape index (κ3) is 7.48. The van der Waals surface area contributed by atoms with E-state index >= 15 is 0 Å². The number of rotatable bonds is 10. The quantitative estimate of drug-likeness (QED) is 0.379. The normalized spacial score (nSPS) is 12.1. The van der Waals surface area contributed by atoms with Crippen LogP contribution in [0.3, 0.4) is 0 Å². The van der Waals surface area contributed by atoms with E-state index in [4.69, 9.17) is 4.55 Å². The first-order chi connectivity index (χ1) is 7.89. The highest BCUT2D eigenvalue weighted by Gasteiger charge is 2.33. The van der Waals surface area contributed by atoms with Crippen molar-refractivity contribution >= 4 is 17.4 Å². The predicted octanol–water partition coefficient (Wildman–Crippen LogP) is 2.84. The number of allylic oxidation sites excluding steroid dienone is 3. The standard InChI is InChI=1S/C12H21O3PS/c1-4-8-16(9-5-2,10-6-3)11-7-12-17(13,14)15/h4-6H,1-3,7-12H2/p+1. The Morgan fingerprint density at radius 3 is 1.71 bits per heavy atom. The molecule has 1 N–H and O–H groups in total. The van der Waals surface area contributed by atoms with Crippen molar-refractivity contribution in [2.75, 3.05) is 30.4 Å². The third-order valence-corrected chi connectivity index (χ3v) is 7.75. The second kappa shape index (κ2) is 7.80. The van der Waals surface area contributed by atoms with Crippen molar-refractivity contribution in [3.63, 3.8) is 0 Å². The van der Waals surface area contributed by atoms with Gasteiger partial charge in [-0.2, -0.15) is 8.42 Å². The van der Waals surface area contributed by atoms with Crippen LogP contribution < -0.4 is 0 Å². The Kier molecular flexibility index (Phi) is 7.60. The first-order valence-corrected chi connectivity index (χ1v) is 9.66. The summed E-state index contributed by atoms with van der Waals surface area (Å²) < 4.78 is 30.1. The molecule has 0 unspecified atom stereocenters. The van der Waals surface area contributed by atoms with Gasteiger partial charge in [0.05, 0.1) is 30.4 Å². The lowest BCUT2D eigenvalue weighted by atomic mass is 10.6.